The lowest BCUT2D eigenvalue weighted by Gasteiger charge is -2.28. The van der Waals surface area contributed by atoms with Gasteiger partial charge in [-0.25, -0.2) is 0 Å². The molecule has 0 aromatic carbocycles. The second-order valence-corrected chi connectivity index (χ2v) is 4.47. The summed E-state index contributed by atoms with van der Waals surface area (Å²) in [6, 6.07) is 0.626. The molecule has 0 aromatic heterocycles. The van der Waals surface area contributed by atoms with Crippen molar-refractivity contribution in [1.29, 1.82) is 0 Å². The van der Waals surface area contributed by atoms with Crippen LogP contribution in [0.15, 0.2) is 0 Å². The molecule has 3 nitrogen and oxygen atoms in total. The number of nitrogens with zero attached hydrogens (tertiary/aromatic N) is 2. The number of hydrogen-bond acceptors (Lipinski definition) is 3. The van der Waals surface area contributed by atoms with Crippen LogP contribution in [0.25, 0.3) is 0 Å². The first-order chi connectivity index (χ1) is 6.74. The molecule has 0 spiro atoms. The Kier molecular flexibility index (Phi) is 5.45. The Morgan fingerprint density at radius 2 is 1.86 bits per heavy atom. The predicted octanol–water partition coefficient (Wildman–Crippen LogP) is 0.751. The maximum Gasteiger partial charge on any atom is 0.0113 e. The maximum absolute atomic E-state index is 5.60. The van der Waals surface area contributed by atoms with E-state index in [1.807, 2.05) is 0 Å². The lowest BCUT2D eigenvalue weighted by molar-refractivity contribution is 0.193. The van der Waals surface area contributed by atoms with Crippen molar-refractivity contribution in [3.63, 3.8) is 0 Å². The average Bonchev–Trinajstić information content (AvgIpc) is 2.64. The van der Waals surface area contributed by atoms with Crippen LogP contribution < -0.4 is 5.73 Å². The zero-order valence-corrected chi connectivity index (χ0v) is 9.71. The Balaban J connectivity index is 2.17. The third kappa shape index (κ3) is 3.95. The van der Waals surface area contributed by atoms with Crippen LogP contribution in [0.1, 0.15) is 26.7 Å². The molecule has 0 aliphatic carbocycles. The minimum atomic E-state index is 0.626. The van der Waals surface area contributed by atoms with Crippen LogP contribution in [-0.4, -0.2) is 55.1 Å². The molecule has 2 N–H and O–H groups in total. The summed E-state index contributed by atoms with van der Waals surface area (Å²) >= 11 is 0. The highest BCUT2D eigenvalue weighted by Crippen LogP contribution is 2.07. The third-order valence-electron chi connectivity index (χ3n) is 3.05. The van der Waals surface area contributed by atoms with Crippen molar-refractivity contribution in [3.05, 3.63) is 0 Å². The van der Waals surface area contributed by atoms with E-state index >= 15 is 0 Å². The van der Waals surface area contributed by atoms with E-state index in [0.717, 1.165) is 13.1 Å². The molecular weight excluding hydrogens is 174 g/mol. The normalized spacial score (nSPS) is 18.6. The van der Waals surface area contributed by atoms with Gasteiger partial charge in [-0.3, -0.25) is 4.90 Å². The minimum absolute atomic E-state index is 0.626. The zero-order valence-electron chi connectivity index (χ0n) is 9.71. The number of nitrogens with two attached hydrogens (primary N) is 1. The topological polar surface area (TPSA) is 32.5 Å². The van der Waals surface area contributed by atoms with Crippen LogP contribution >= 0.6 is 0 Å². The van der Waals surface area contributed by atoms with E-state index < -0.39 is 0 Å². The smallest absolute Gasteiger partial charge is 0.0113 e. The molecular formula is C11H25N3. The van der Waals surface area contributed by atoms with Crippen molar-refractivity contribution < 1.29 is 0 Å². The fourth-order valence-corrected chi connectivity index (χ4v) is 2.07. The maximum atomic E-state index is 5.60. The quantitative estimate of drug-likeness (QED) is 0.685. The van der Waals surface area contributed by atoms with E-state index in [0.29, 0.717) is 6.04 Å². The highest BCUT2D eigenvalue weighted by molar-refractivity contribution is 4.70. The summed E-state index contributed by atoms with van der Waals surface area (Å²) in [4.78, 5) is 5.03. The lowest BCUT2D eigenvalue weighted by atomic mass is 10.3. The molecule has 84 valence electrons. The summed E-state index contributed by atoms with van der Waals surface area (Å²) in [7, 11) is 0. The number of rotatable bonds is 6. The SMILES string of the molecule is CC(C)N(CCN)CCN1CCCC1. The average molecular weight is 199 g/mol. The van der Waals surface area contributed by atoms with E-state index in [9.17, 15) is 0 Å². The third-order valence-corrected chi connectivity index (χ3v) is 3.05. The first-order valence-electron chi connectivity index (χ1n) is 5.90. The van der Waals surface area contributed by atoms with Gasteiger partial charge in [0.05, 0.1) is 0 Å². The van der Waals surface area contributed by atoms with Crippen molar-refractivity contribution in [2.24, 2.45) is 5.73 Å². The molecule has 1 saturated heterocycles. The van der Waals surface area contributed by atoms with Crippen molar-refractivity contribution in [3.8, 4) is 0 Å². The van der Waals surface area contributed by atoms with E-state index in [1.165, 1.54) is 39.0 Å². The molecule has 0 bridgehead atoms. The summed E-state index contributed by atoms with van der Waals surface area (Å²) < 4.78 is 0. The van der Waals surface area contributed by atoms with Gasteiger partial charge >= 0.3 is 0 Å². The molecule has 1 aliphatic rings. The van der Waals surface area contributed by atoms with Crippen LogP contribution in [0, 0.1) is 0 Å². The standard InChI is InChI=1S/C11H25N3/c1-11(2)14(8-5-12)10-9-13-6-3-4-7-13/h11H,3-10,12H2,1-2H3. The first kappa shape index (κ1) is 12.0. The van der Waals surface area contributed by atoms with Crippen LogP contribution in [0.4, 0.5) is 0 Å². The Labute approximate surface area is 88.2 Å². The molecule has 0 unspecified atom stereocenters. The Morgan fingerprint density at radius 1 is 1.21 bits per heavy atom. The minimum Gasteiger partial charge on any atom is -0.329 e. The van der Waals surface area contributed by atoms with Crippen LogP contribution in [0.5, 0.6) is 0 Å². The zero-order chi connectivity index (χ0) is 10.4. The van der Waals surface area contributed by atoms with Crippen LogP contribution in [0.3, 0.4) is 0 Å². The van der Waals surface area contributed by atoms with E-state index in [1.54, 1.807) is 0 Å². The molecule has 1 aliphatic heterocycles. The van der Waals surface area contributed by atoms with Crippen LogP contribution in [-0.2, 0) is 0 Å². The summed E-state index contributed by atoms with van der Waals surface area (Å²) in [5, 5.41) is 0. The van der Waals surface area contributed by atoms with Gasteiger partial charge in [-0.05, 0) is 39.8 Å². The van der Waals surface area contributed by atoms with Gasteiger partial charge in [-0.2, -0.15) is 0 Å². The molecule has 0 aromatic rings. The van der Waals surface area contributed by atoms with Crippen molar-refractivity contribution in [1.82, 2.24) is 9.80 Å². The van der Waals surface area contributed by atoms with Gasteiger partial charge in [0.15, 0.2) is 0 Å². The van der Waals surface area contributed by atoms with Crippen molar-refractivity contribution in [2.45, 2.75) is 32.7 Å². The molecule has 1 fully saturated rings. The predicted molar refractivity (Wildman–Crippen MR) is 61.4 cm³/mol. The summed E-state index contributed by atoms with van der Waals surface area (Å²) in [6.45, 7) is 11.3. The second kappa shape index (κ2) is 6.38. The molecule has 1 rings (SSSR count). The first-order valence-corrected chi connectivity index (χ1v) is 5.90. The molecule has 0 radical (unpaired) electrons. The summed E-state index contributed by atoms with van der Waals surface area (Å²) in [6.07, 6.45) is 2.77. The number of likely N-dealkylation sites (tertiary alicyclic amines) is 1. The molecule has 1 heterocycles. The number of hydrogen-bond donors (Lipinski definition) is 1. The Hall–Kier alpha value is -0.120. The van der Waals surface area contributed by atoms with Gasteiger partial charge in [0.1, 0.15) is 0 Å². The molecule has 0 atom stereocenters. The van der Waals surface area contributed by atoms with Crippen LogP contribution in [0.2, 0.25) is 0 Å². The molecule has 0 saturated carbocycles. The molecule has 14 heavy (non-hydrogen) atoms. The van der Waals surface area contributed by atoms with Gasteiger partial charge in [0.25, 0.3) is 0 Å². The Bertz CT molecular complexity index is 141. The van der Waals surface area contributed by atoms with Gasteiger partial charge in [-0.1, -0.05) is 0 Å². The van der Waals surface area contributed by atoms with Gasteiger partial charge in [-0.15, -0.1) is 0 Å². The highest BCUT2D eigenvalue weighted by Gasteiger charge is 2.14. The summed E-state index contributed by atoms with van der Waals surface area (Å²) in [5.74, 6) is 0. The van der Waals surface area contributed by atoms with Crippen molar-refractivity contribution >= 4 is 0 Å². The fourth-order valence-electron chi connectivity index (χ4n) is 2.07. The van der Waals surface area contributed by atoms with Crippen molar-refractivity contribution in [2.75, 3.05) is 39.3 Å². The van der Waals surface area contributed by atoms with Gasteiger partial charge in [0.2, 0.25) is 0 Å². The van der Waals surface area contributed by atoms with E-state index in [2.05, 4.69) is 23.6 Å². The summed E-state index contributed by atoms with van der Waals surface area (Å²) in [5.41, 5.74) is 5.60. The van der Waals surface area contributed by atoms with E-state index in [-0.39, 0.29) is 0 Å². The fraction of sp³-hybridized carbons (Fsp3) is 1.00. The monoisotopic (exact) mass is 199 g/mol. The van der Waals surface area contributed by atoms with Gasteiger partial charge < -0.3 is 10.6 Å². The lowest BCUT2D eigenvalue weighted by Crippen LogP contribution is -2.40. The molecule has 3 heteroatoms. The largest absolute Gasteiger partial charge is 0.329 e. The Morgan fingerprint density at radius 3 is 2.36 bits per heavy atom. The highest BCUT2D eigenvalue weighted by atomic mass is 15.2. The van der Waals surface area contributed by atoms with E-state index in [4.69, 9.17) is 5.73 Å². The van der Waals surface area contributed by atoms with Gasteiger partial charge in [0, 0.05) is 32.2 Å². The molecule has 0 amide bonds. The second-order valence-electron chi connectivity index (χ2n) is 4.47.